The largest absolute Gasteiger partial charge is 0.503 e. The number of rotatable bonds is 3. The maximum absolute atomic E-state index is 13.2. The van der Waals surface area contributed by atoms with Gasteiger partial charge in [0.05, 0.1) is 12.1 Å². The molecule has 0 aliphatic rings. The molecule has 0 spiro atoms. The highest BCUT2D eigenvalue weighted by molar-refractivity contribution is 5.96. The molecule has 0 unspecified atom stereocenters. The zero-order valence-electron chi connectivity index (χ0n) is 8.26. The number of nitrogens with two attached hydrogens (primary N) is 1. The van der Waals surface area contributed by atoms with Crippen molar-refractivity contribution in [2.45, 2.75) is 0 Å². The van der Waals surface area contributed by atoms with E-state index < -0.39 is 47.1 Å². The van der Waals surface area contributed by atoms with E-state index >= 15 is 0 Å². The first-order valence-electron chi connectivity index (χ1n) is 4.27. The highest BCUT2D eigenvalue weighted by atomic mass is 19.2. The van der Waals surface area contributed by atoms with Crippen LogP contribution in [0, 0.1) is 17.5 Å². The standard InChI is InChI=1S/C9H7F3N2O3/c10-4-1-3(6(11)8(16)7(4)12)9(17)14-2-5(13)15/h1,16H,2H2,(H2,13,15)(H,14,17). The Balaban J connectivity index is 3.06. The Hall–Kier alpha value is -2.25. The Labute approximate surface area is 93.0 Å². The average molecular weight is 248 g/mol. The van der Waals surface area contributed by atoms with Crippen LogP contribution >= 0.6 is 0 Å². The number of benzene rings is 1. The summed E-state index contributed by atoms with van der Waals surface area (Å²) in [6.45, 7) is -0.599. The monoisotopic (exact) mass is 248 g/mol. The predicted molar refractivity (Wildman–Crippen MR) is 49.5 cm³/mol. The number of halogens is 3. The molecule has 8 heteroatoms. The average Bonchev–Trinajstić information content (AvgIpc) is 2.28. The highest BCUT2D eigenvalue weighted by Gasteiger charge is 2.22. The Bertz CT molecular complexity index is 491. The second-order valence-corrected chi connectivity index (χ2v) is 3.03. The third-order valence-corrected chi connectivity index (χ3v) is 1.80. The fourth-order valence-electron chi connectivity index (χ4n) is 1.02. The second kappa shape index (κ2) is 4.73. The molecule has 0 bridgehead atoms. The van der Waals surface area contributed by atoms with Gasteiger partial charge >= 0.3 is 0 Å². The van der Waals surface area contributed by atoms with Gasteiger partial charge in [-0.3, -0.25) is 9.59 Å². The Kier molecular flexibility index (Phi) is 3.56. The maximum Gasteiger partial charge on any atom is 0.254 e. The Morgan fingerprint density at radius 3 is 2.41 bits per heavy atom. The van der Waals surface area contributed by atoms with Crippen LogP contribution in [0.4, 0.5) is 13.2 Å². The minimum Gasteiger partial charge on any atom is -0.503 e. The maximum atomic E-state index is 13.2. The van der Waals surface area contributed by atoms with Crippen molar-refractivity contribution >= 4 is 11.8 Å². The zero-order valence-corrected chi connectivity index (χ0v) is 8.26. The van der Waals surface area contributed by atoms with Crippen molar-refractivity contribution in [1.82, 2.24) is 5.32 Å². The van der Waals surface area contributed by atoms with Gasteiger partial charge < -0.3 is 16.2 Å². The van der Waals surface area contributed by atoms with Crippen LogP contribution in [-0.4, -0.2) is 23.5 Å². The molecule has 0 aromatic heterocycles. The van der Waals surface area contributed by atoms with E-state index in [2.05, 4.69) is 0 Å². The van der Waals surface area contributed by atoms with E-state index in [1.807, 2.05) is 5.32 Å². The molecule has 0 atom stereocenters. The van der Waals surface area contributed by atoms with Gasteiger partial charge in [0.1, 0.15) is 0 Å². The van der Waals surface area contributed by atoms with Crippen molar-refractivity contribution in [2.75, 3.05) is 6.54 Å². The lowest BCUT2D eigenvalue weighted by atomic mass is 10.1. The first kappa shape index (κ1) is 12.8. The molecule has 0 saturated heterocycles. The minimum absolute atomic E-state index is 0.265. The van der Waals surface area contributed by atoms with Crippen LogP contribution in [0.15, 0.2) is 6.07 Å². The molecule has 1 rings (SSSR count). The van der Waals surface area contributed by atoms with Crippen molar-refractivity contribution in [3.63, 3.8) is 0 Å². The Morgan fingerprint density at radius 1 is 1.29 bits per heavy atom. The number of carbonyl (C=O) groups is 2. The van der Waals surface area contributed by atoms with Crippen LogP contribution in [0.1, 0.15) is 10.4 Å². The van der Waals surface area contributed by atoms with Gasteiger partial charge in [-0.1, -0.05) is 0 Å². The fraction of sp³-hybridized carbons (Fsp3) is 0.111. The normalized spacial score (nSPS) is 10.1. The van der Waals surface area contributed by atoms with Crippen LogP contribution in [-0.2, 0) is 4.79 Å². The fourth-order valence-corrected chi connectivity index (χ4v) is 1.02. The van der Waals surface area contributed by atoms with Gasteiger partial charge in [0.2, 0.25) is 11.7 Å². The third kappa shape index (κ3) is 2.65. The molecule has 92 valence electrons. The van der Waals surface area contributed by atoms with Crippen LogP contribution in [0.5, 0.6) is 5.75 Å². The molecule has 17 heavy (non-hydrogen) atoms. The number of carbonyl (C=O) groups excluding carboxylic acids is 2. The summed E-state index contributed by atoms with van der Waals surface area (Å²) in [6.07, 6.45) is 0. The number of phenolic OH excluding ortho intramolecular Hbond substituents is 1. The minimum atomic E-state index is -1.80. The summed E-state index contributed by atoms with van der Waals surface area (Å²) in [5.74, 6) is -8.71. The first-order chi connectivity index (χ1) is 7.84. The smallest absolute Gasteiger partial charge is 0.254 e. The first-order valence-corrected chi connectivity index (χ1v) is 4.27. The van der Waals surface area contributed by atoms with Gasteiger partial charge in [0, 0.05) is 0 Å². The lowest BCUT2D eigenvalue weighted by Crippen LogP contribution is -2.33. The molecule has 2 amide bonds. The van der Waals surface area contributed by atoms with Crippen molar-refractivity contribution in [3.8, 4) is 5.75 Å². The lowest BCUT2D eigenvalue weighted by Gasteiger charge is -2.06. The summed E-state index contributed by atoms with van der Waals surface area (Å²) in [6, 6.07) is 0.265. The number of hydrogen-bond acceptors (Lipinski definition) is 3. The molecule has 4 N–H and O–H groups in total. The van der Waals surface area contributed by atoms with Crippen molar-refractivity contribution in [2.24, 2.45) is 5.73 Å². The van der Waals surface area contributed by atoms with Crippen molar-refractivity contribution in [3.05, 3.63) is 29.1 Å². The summed E-state index contributed by atoms with van der Waals surface area (Å²) in [4.78, 5) is 21.6. The molecule has 0 heterocycles. The van der Waals surface area contributed by atoms with Crippen LogP contribution in [0.25, 0.3) is 0 Å². The predicted octanol–water partition coefficient (Wildman–Crippen LogP) is 0.0246. The summed E-state index contributed by atoms with van der Waals surface area (Å²) in [7, 11) is 0. The van der Waals surface area contributed by atoms with E-state index in [0.717, 1.165) is 0 Å². The van der Waals surface area contributed by atoms with E-state index in [1.54, 1.807) is 0 Å². The summed E-state index contributed by atoms with van der Waals surface area (Å²) < 4.78 is 38.7. The third-order valence-electron chi connectivity index (χ3n) is 1.80. The molecule has 0 radical (unpaired) electrons. The van der Waals surface area contributed by atoms with Gasteiger partial charge in [-0.25, -0.2) is 8.78 Å². The number of aromatic hydroxyl groups is 1. The zero-order chi connectivity index (χ0) is 13.2. The highest BCUT2D eigenvalue weighted by Crippen LogP contribution is 2.25. The lowest BCUT2D eigenvalue weighted by molar-refractivity contribution is -0.117. The van der Waals surface area contributed by atoms with E-state index in [9.17, 15) is 22.8 Å². The molecule has 1 aromatic rings. The summed E-state index contributed by atoms with van der Waals surface area (Å²) in [5.41, 5.74) is 3.78. The quantitative estimate of drug-likeness (QED) is 0.658. The molecule has 0 aliphatic carbocycles. The SMILES string of the molecule is NC(=O)CNC(=O)c1cc(F)c(F)c(O)c1F. The molecule has 1 aromatic carbocycles. The number of hydrogen-bond donors (Lipinski definition) is 3. The molecule has 0 fully saturated rings. The molecule has 0 saturated carbocycles. The van der Waals surface area contributed by atoms with Gasteiger partial charge in [-0.2, -0.15) is 4.39 Å². The number of primary amides is 1. The van der Waals surface area contributed by atoms with Crippen molar-refractivity contribution < 1.29 is 27.9 Å². The number of phenols is 1. The molecular weight excluding hydrogens is 241 g/mol. The molecular formula is C9H7F3N2O3. The Morgan fingerprint density at radius 2 is 1.88 bits per heavy atom. The van der Waals surface area contributed by atoms with Gasteiger partial charge in [-0.15, -0.1) is 0 Å². The number of nitrogens with one attached hydrogen (secondary N) is 1. The van der Waals surface area contributed by atoms with E-state index in [4.69, 9.17) is 10.8 Å². The topological polar surface area (TPSA) is 92.4 Å². The van der Waals surface area contributed by atoms with Crippen LogP contribution < -0.4 is 11.1 Å². The van der Waals surface area contributed by atoms with Gasteiger partial charge in [0.25, 0.3) is 5.91 Å². The van der Waals surface area contributed by atoms with E-state index in [1.165, 1.54) is 0 Å². The number of amides is 2. The molecule has 0 aliphatic heterocycles. The van der Waals surface area contributed by atoms with Gasteiger partial charge in [-0.05, 0) is 6.07 Å². The second-order valence-electron chi connectivity index (χ2n) is 3.03. The summed E-state index contributed by atoms with van der Waals surface area (Å²) in [5, 5.41) is 10.7. The van der Waals surface area contributed by atoms with Crippen LogP contribution in [0.3, 0.4) is 0 Å². The summed E-state index contributed by atoms with van der Waals surface area (Å²) >= 11 is 0. The van der Waals surface area contributed by atoms with E-state index in [-0.39, 0.29) is 6.07 Å². The molecule has 5 nitrogen and oxygen atoms in total. The van der Waals surface area contributed by atoms with E-state index in [0.29, 0.717) is 0 Å². The van der Waals surface area contributed by atoms with Gasteiger partial charge in [0.15, 0.2) is 17.4 Å². The van der Waals surface area contributed by atoms with Crippen LogP contribution in [0.2, 0.25) is 0 Å². The van der Waals surface area contributed by atoms with Crippen molar-refractivity contribution in [1.29, 1.82) is 0 Å².